The van der Waals surface area contributed by atoms with Gasteiger partial charge in [0.1, 0.15) is 5.69 Å². The number of carbonyl (C=O) groups excluding carboxylic acids is 2. The summed E-state index contributed by atoms with van der Waals surface area (Å²) in [6, 6.07) is 5.82. The van der Waals surface area contributed by atoms with Gasteiger partial charge in [0.15, 0.2) is 0 Å². The van der Waals surface area contributed by atoms with Crippen molar-refractivity contribution < 1.29 is 9.59 Å². The highest BCUT2D eigenvalue weighted by molar-refractivity contribution is 6.37. The molecule has 0 saturated heterocycles. The highest BCUT2D eigenvalue weighted by Crippen LogP contribution is 2.22. The molecule has 0 aliphatic rings. The minimum Gasteiger partial charge on any atom is -0.339 e. The van der Waals surface area contributed by atoms with E-state index in [0.29, 0.717) is 23.7 Å². The van der Waals surface area contributed by atoms with Crippen LogP contribution in [0.4, 0.5) is 5.69 Å². The number of halogens is 2. The number of hydrogen-bond donors (Lipinski definition) is 1. The summed E-state index contributed by atoms with van der Waals surface area (Å²) < 4.78 is 1.26. The second kappa shape index (κ2) is 8.38. The van der Waals surface area contributed by atoms with E-state index in [1.165, 1.54) is 42.1 Å². The van der Waals surface area contributed by atoms with Crippen molar-refractivity contribution in [1.29, 1.82) is 0 Å². The number of benzene rings is 1. The van der Waals surface area contributed by atoms with Crippen LogP contribution in [0.1, 0.15) is 34.6 Å². The molecule has 0 radical (unpaired) electrons. The first-order valence-electron chi connectivity index (χ1n) is 8.04. The summed E-state index contributed by atoms with van der Waals surface area (Å²) in [4.78, 5) is 38.9. The van der Waals surface area contributed by atoms with Crippen molar-refractivity contribution in [3.63, 3.8) is 0 Å². The lowest BCUT2D eigenvalue weighted by Crippen LogP contribution is -2.32. The summed E-state index contributed by atoms with van der Waals surface area (Å²) in [6.45, 7) is 4.82. The standard InChI is InChI=1S/C18H19Cl2N3O3/c1-4-23(5-2)17(25)11-8-15(18(26)22(3)10-11)21-16(24)13-7-6-12(19)9-14(13)20/h6-10H,4-5H2,1-3H3,(H,21,24). The molecule has 0 aliphatic carbocycles. The molecular formula is C18H19Cl2N3O3. The normalized spacial score (nSPS) is 10.5. The van der Waals surface area contributed by atoms with Gasteiger partial charge in [-0.05, 0) is 38.1 Å². The molecule has 1 N–H and O–H groups in total. The second-order valence-electron chi connectivity index (χ2n) is 5.61. The quantitative estimate of drug-likeness (QED) is 0.842. The second-order valence-corrected chi connectivity index (χ2v) is 6.46. The van der Waals surface area contributed by atoms with Crippen LogP contribution in [-0.2, 0) is 7.05 Å². The highest BCUT2D eigenvalue weighted by Gasteiger charge is 2.18. The zero-order valence-electron chi connectivity index (χ0n) is 14.7. The lowest BCUT2D eigenvalue weighted by molar-refractivity contribution is 0.0771. The molecule has 0 fully saturated rings. The first-order valence-corrected chi connectivity index (χ1v) is 8.80. The van der Waals surface area contributed by atoms with Gasteiger partial charge in [-0.3, -0.25) is 14.4 Å². The molecule has 6 nitrogen and oxygen atoms in total. The summed E-state index contributed by atoms with van der Waals surface area (Å²) in [5.74, 6) is -0.776. The Hall–Kier alpha value is -2.31. The molecule has 0 atom stereocenters. The fourth-order valence-electron chi connectivity index (χ4n) is 2.47. The average molecular weight is 396 g/mol. The van der Waals surface area contributed by atoms with Crippen molar-refractivity contribution in [2.75, 3.05) is 18.4 Å². The van der Waals surface area contributed by atoms with Gasteiger partial charge in [0.05, 0.1) is 16.1 Å². The minimum atomic E-state index is -0.559. The SMILES string of the molecule is CCN(CC)C(=O)c1cc(NC(=O)c2ccc(Cl)cc2Cl)c(=O)n(C)c1. The molecule has 1 aromatic carbocycles. The van der Waals surface area contributed by atoms with Crippen LogP contribution in [0.3, 0.4) is 0 Å². The van der Waals surface area contributed by atoms with Crippen LogP contribution in [0.2, 0.25) is 10.0 Å². The van der Waals surface area contributed by atoms with Gasteiger partial charge in [-0.2, -0.15) is 0 Å². The maximum absolute atomic E-state index is 12.5. The number of nitrogens with one attached hydrogen (secondary N) is 1. The maximum atomic E-state index is 12.5. The Labute approximate surface area is 161 Å². The number of hydrogen-bond acceptors (Lipinski definition) is 3. The van der Waals surface area contributed by atoms with Gasteiger partial charge in [0.2, 0.25) is 0 Å². The summed E-state index contributed by atoms with van der Waals surface area (Å²) in [7, 11) is 1.52. The minimum absolute atomic E-state index is 0.00141. The van der Waals surface area contributed by atoms with Crippen molar-refractivity contribution in [2.24, 2.45) is 7.05 Å². The van der Waals surface area contributed by atoms with Gasteiger partial charge in [-0.1, -0.05) is 23.2 Å². The summed E-state index contributed by atoms with van der Waals surface area (Å²) in [5.41, 5.74) is 0.0629. The number of aromatic nitrogens is 1. The van der Waals surface area contributed by atoms with E-state index in [9.17, 15) is 14.4 Å². The fourth-order valence-corrected chi connectivity index (χ4v) is 2.97. The molecule has 138 valence electrons. The zero-order valence-corrected chi connectivity index (χ0v) is 16.2. The molecule has 0 unspecified atom stereocenters. The molecule has 0 bridgehead atoms. The number of pyridine rings is 1. The molecule has 2 rings (SSSR count). The monoisotopic (exact) mass is 395 g/mol. The third-order valence-corrected chi connectivity index (χ3v) is 4.45. The Morgan fingerprint density at radius 3 is 2.38 bits per heavy atom. The van der Waals surface area contributed by atoms with Gasteiger partial charge in [0.25, 0.3) is 17.4 Å². The molecule has 8 heteroatoms. The van der Waals surface area contributed by atoms with Gasteiger partial charge in [-0.25, -0.2) is 0 Å². The predicted octanol–water partition coefficient (Wildman–Crippen LogP) is 3.43. The lowest BCUT2D eigenvalue weighted by Gasteiger charge is -2.19. The van der Waals surface area contributed by atoms with Gasteiger partial charge in [0, 0.05) is 31.4 Å². The molecule has 2 amide bonds. The smallest absolute Gasteiger partial charge is 0.274 e. The van der Waals surface area contributed by atoms with Crippen molar-refractivity contribution in [1.82, 2.24) is 9.47 Å². The first kappa shape index (κ1) is 20.0. The number of aryl methyl sites for hydroxylation is 1. The van der Waals surface area contributed by atoms with Gasteiger partial charge >= 0.3 is 0 Å². The largest absolute Gasteiger partial charge is 0.339 e. The maximum Gasteiger partial charge on any atom is 0.274 e. The molecule has 0 spiro atoms. The zero-order chi connectivity index (χ0) is 19.4. The Balaban J connectivity index is 2.38. The predicted molar refractivity (Wildman–Crippen MR) is 103 cm³/mol. The van der Waals surface area contributed by atoms with Crippen LogP contribution in [0.5, 0.6) is 0 Å². The van der Waals surface area contributed by atoms with Gasteiger partial charge < -0.3 is 14.8 Å². The molecular weight excluding hydrogens is 377 g/mol. The Bertz CT molecular complexity index is 905. The first-order chi connectivity index (χ1) is 12.3. The third-order valence-electron chi connectivity index (χ3n) is 3.90. The molecule has 0 saturated carbocycles. The van der Waals surface area contributed by atoms with Crippen LogP contribution >= 0.6 is 23.2 Å². The summed E-state index contributed by atoms with van der Waals surface area (Å²) in [6.07, 6.45) is 1.45. The highest BCUT2D eigenvalue weighted by atomic mass is 35.5. The molecule has 0 aliphatic heterocycles. The number of anilines is 1. The van der Waals surface area contributed by atoms with Crippen LogP contribution in [0.15, 0.2) is 35.3 Å². The molecule has 26 heavy (non-hydrogen) atoms. The number of carbonyl (C=O) groups is 2. The van der Waals surface area contributed by atoms with Crippen LogP contribution < -0.4 is 10.9 Å². The van der Waals surface area contributed by atoms with E-state index in [2.05, 4.69) is 5.32 Å². The van der Waals surface area contributed by atoms with Crippen molar-refractivity contribution >= 4 is 40.7 Å². The molecule has 1 aromatic heterocycles. The topological polar surface area (TPSA) is 71.4 Å². The van der Waals surface area contributed by atoms with Crippen LogP contribution in [0.25, 0.3) is 0 Å². The van der Waals surface area contributed by atoms with Gasteiger partial charge in [-0.15, -0.1) is 0 Å². The van der Waals surface area contributed by atoms with Crippen molar-refractivity contribution in [3.8, 4) is 0 Å². The Morgan fingerprint density at radius 1 is 1.15 bits per heavy atom. The average Bonchev–Trinajstić information content (AvgIpc) is 2.59. The van der Waals surface area contributed by atoms with Crippen LogP contribution in [-0.4, -0.2) is 34.4 Å². The summed E-state index contributed by atoms with van der Waals surface area (Å²) in [5, 5.41) is 3.09. The van der Waals surface area contributed by atoms with Crippen LogP contribution in [0, 0.1) is 0 Å². The van der Waals surface area contributed by atoms with E-state index in [1.807, 2.05) is 13.8 Å². The molecule has 2 aromatic rings. The van der Waals surface area contributed by atoms with E-state index in [1.54, 1.807) is 4.90 Å². The molecule has 1 heterocycles. The van der Waals surface area contributed by atoms with Crippen molar-refractivity contribution in [3.05, 3.63) is 62.0 Å². The summed E-state index contributed by atoms with van der Waals surface area (Å²) >= 11 is 11.9. The third kappa shape index (κ3) is 4.26. The lowest BCUT2D eigenvalue weighted by atomic mass is 10.2. The van der Waals surface area contributed by atoms with E-state index < -0.39 is 11.5 Å². The van der Waals surface area contributed by atoms with E-state index >= 15 is 0 Å². The number of amides is 2. The van der Waals surface area contributed by atoms with Crippen molar-refractivity contribution in [2.45, 2.75) is 13.8 Å². The Morgan fingerprint density at radius 2 is 1.81 bits per heavy atom. The number of rotatable bonds is 5. The van der Waals surface area contributed by atoms with E-state index in [-0.39, 0.29) is 22.2 Å². The van der Waals surface area contributed by atoms with E-state index in [0.717, 1.165) is 0 Å². The number of nitrogens with zero attached hydrogens (tertiary/aromatic N) is 2. The fraction of sp³-hybridized carbons (Fsp3) is 0.278. The Kier molecular flexibility index (Phi) is 6.45. The van der Waals surface area contributed by atoms with E-state index in [4.69, 9.17) is 23.2 Å².